The molecule has 2 N–H and O–H groups in total. The van der Waals surface area contributed by atoms with Gasteiger partial charge in [-0.25, -0.2) is 0 Å². The van der Waals surface area contributed by atoms with Crippen LogP contribution in [0, 0.1) is 0 Å². The van der Waals surface area contributed by atoms with Crippen LogP contribution in [0.4, 0.5) is 0 Å². The number of fused-ring (bicyclic) bond motifs is 1. The number of aryl methyl sites for hydroxylation is 1. The molecule has 3 rings (SSSR count). The number of carbonyl (C=O) groups excluding carboxylic acids is 1. The smallest absolute Gasteiger partial charge is 0.237 e. The molecule has 0 aliphatic carbocycles. The Morgan fingerprint density at radius 1 is 1.21 bits per heavy atom. The Morgan fingerprint density at radius 2 is 1.92 bits per heavy atom. The molecule has 0 fully saturated rings. The van der Waals surface area contributed by atoms with Crippen LogP contribution in [0.2, 0.25) is 0 Å². The van der Waals surface area contributed by atoms with Crippen molar-refractivity contribution >= 4 is 17.7 Å². The van der Waals surface area contributed by atoms with Crippen molar-refractivity contribution in [3.63, 3.8) is 0 Å². The van der Waals surface area contributed by atoms with Gasteiger partial charge in [0.05, 0.1) is 12.1 Å². The minimum atomic E-state index is -0.597. The molecule has 0 aromatic heterocycles. The number of carbonyl (C=O) groups is 1. The first-order valence-corrected chi connectivity index (χ1v) is 9.42. The summed E-state index contributed by atoms with van der Waals surface area (Å²) in [4.78, 5) is 12.7. The van der Waals surface area contributed by atoms with E-state index < -0.39 is 6.10 Å². The number of nitrogens with one attached hydrogen (secondary N) is 1. The maximum Gasteiger partial charge on any atom is 0.237 e. The number of thioether (sulfide) groups is 1. The Morgan fingerprint density at radius 3 is 2.71 bits per heavy atom. The van der Waals surface area contributed by atoms with E-state index >= 15 is 0 Å². The minimum Gasteiger partial charge on any atom is -0.391 e. The third-order valence-corrected chi connectivity index (χ3v) is 5.71. The number of benzene rings is 2. The zero-order valence-corrected chi connectivity index (χ0v) is 14.6. The van der Waals surface area contributed by atoms with Gasteiger partial charge in [-0.2, -0.15) is 0 Å². The van der Waals surface area contributed by atoms with Gasteiger partial charge < -0.3 is 10.4 Å². The maximum atomic E-state index is 12.7. The van der Waals surface area contributed by atoms with Gasteiger partial charge in [0, 0.05) is 6.42 Å². The van der Waals surface area contributed by atoms with Gasteiger partial charge in [0.2, 0.25) is 5.91 Å². The summed E-state index contributed by atoms with van der Waals surface area (Å²) in [5, 5.41) is 13.2. The number of aliphatic hydroxyl groups is 1. The predicted octanol–water partition coefficient (Wildman–Crippen LogP) is 3.13. The van der Waals surface area contributed by atoms with Crippen molar-refractivity contribution in [2.24, 2.45) is 0 Å². The van der Waals surface area contributed by atoms with Crippen molar-refractivity contribution in [2.45, 2.75) is 37.2 Å². The predicted molar refractivity (Wildman–Crippen MR) is 99.1 cm³/mol. The second kappa shape index (κ2) is 7.86. The number of hydrogen-bond donors (Lipinski definition) is 2. The Labute approximate surface area is 147 Å². The van der Waals surface area contributed by atoms with Crippen LogP contribution in [0.5, 0.6) is 0 Å². The van der Waals surface area contributed by atoms with E-state index in [2.05, 4.69) is 11.4 Å². The summed E-state index contributed by atoms with van der Waals surface area (Å²) in [6.45, 7) is 1.87. The van der Waals surface area contributed by atoms with Crippen molar-refractivity contribution in [3.05, 3.63) is 71.3 Å². The first kappa shape index (κ1) is 17.1. The van der Waals surface area contributed by atoms with Gasteiger partial charge in [0.25, 0.3) is 0 Å². The first-order chi connectivity index (χ1) is 11.6. The summed E-state index contributed by atoms with van der Waals surface area (Å²) in [5.74, 6) is 0.947. The first-order valence-electron chi connectivity index (χ1n) is 8.37. The standard InChI is InChI=1S/C20H23NO2S/c1-14(18(22)13-15-7-3-2-4-8-15)21-20(23)19-17-10-6-5-9-16(17)11-12-24-19/h2-10,14,18-19,22H,11-13H2,1H3,(H,21,23). The lowest BCUT2D eigenvalue weighted by Gasteiger charge is -2.27. The minimum absolute atomic E-state index is 0.00763. The van der Waals surface area contributed by atoms with Crippen LogP contribution < -0.4 is 5.32 Å². The third kappa shape index (κ3) is 4.00. The summed E-state index contributed by atoms with van der Waals surface area (Å²) in [7, 11) is 0. The maximum absolute atomic E-state index is 12.7. The molecule has 0 saturated heterocycles. The van der Waals surface area contributed by atoms with Crippen LogP contribution in [0.15, 0.2) is 54.6 Å². The number of rotatable bonds is 5. The zero-order valence-electron chi connectivity index (χ0n) is 13.8. The molecule has 0 radical (unpaired) electrons. The molecule has 3 nitrogen and oxygen atoms in total. The van der Waals surface area contributed by atoms with E-state index in [0.29, 0.717) is 6.42 Å². The topological polar surface area (TPSA) is 49.3 Å². The lowest BCUT2D eigenvalue weighted by atomic mass is 10.00. The monoisotopic (exact) mass is 341 g/mol. The molecule has 0 saturated carbocycles. The number of aliphatic hydroxyl groups excluding tert-OH is 1. The van der Waals surface area contributed by atoms with Crippen LogP contribution >= 0.6 is 11.8 Å². The van der Waals surface area contributed by atoms with Crippen molar-refractivity contribution in [3.8, 4) is 0 Å². The van der Waals surface area contributed by atoms with Crippen molar-refractivity contribution in [2.75, 3.05) is 5.75 Å². The molecule has 1 amide bonds. The largest absolute Gasteiger partial charge is 0.391 e. The molecule has 0 bridgehead atoms. The molecular weight excluding hydrogens is 318 g/mol. The van der Waals surface area contributed by atoms with Gasteiger partial charge in [-0.3, -0.25) is 4.79 Å². The van der Waals surface area contributed by atoms with E-state index in [4.69, 9.17) is 0 Å². The molecule has 3 unspecified atom stereocenters. The summed E-state index contributed by atoms with van der Waals surface area (Å²) in [6.07, 6.45) is 0.952. The molecule has 1 heterocycles. The summed E-state index contributed by atoms with van der Waals surface area (Å²) in [6, 6.07) is 17.7. The van der Waals surface area contributed by atoms with E-state index in [1.54, 1.807) is 11.8 Å². The summed E-state index contributed by atoms with van der Waals surface area (Å²) >= 11 is 1.68. The summed E-state index contributed by atoms with van der Waals surface area (Å²) in [5.41, 5.74) is 3.44. The van der Waals surface area contributed by atoms with E-state index in [1.807, 2.05) is 55.5 Å². The lowest BCUT2D eigenvalue weighted by Crippen LogP contribution is -2.44. The van der Waals surface area contributed by atoms with Gasteiger partial charge in [-0.15, -0.1) is 11.8 Å². The van der Waals surface area contributed by atoms with E-state index in [9.17, 15) is 9.90 Å². The Balaban J connectivity index is 1.62. The average Bonchev–Trinajstić information content (AvgIpc) is 2.62. The van der Waals surface area contributed by atoms with E-state index in [0.717, 1.165) is 23.3 Å². The highest BCUT2D eigenvalue weighted by Crippen LogP contribution is 2.36. The molecule has 4 heteroatoms. The van der Waals surface area contributed by atoms with Gasteiger partial charge >= 0.3 is 0 Å². The molecule has 3 atom stereocenters. The number of hydrogen-bond acceptors (Lipinski definition) is 3. The molecule has 126 valence electrons. The van der Waals surface area contributed by atoms with Gasteiger partial charge in [0.1, 0.15) is 5.25 Å². The van der Waals surface area contributed by atoms with Crippen molar-refractivity contribution in [1.29, 1.82) is 0 Å². The van der Waals surface area contributed by atoms with E-state index in [-0.39, 0.29) is 17.2 Å². The van der Waals surface area contributed by atoms with Crippen molar-refractivity contribution < 1.29 is 9.90 Å². The lowest BCUT2D eigenvalue weighted by molar-refractivity contribution is -0.122. The highest BCUT2D eigenvalue weighted by molar-refractivity contribution is 8.00. The van der Waals surface area contributed by atoms with Gasteiger partial charge in [-0.05, 0) is 35.8 Å². The van der Waals surface area contributed by atoms with Crippen molar-refractivity contribution in [1.82, 2.24) is 5.32 Å². The van der Waals surface area contributed by atoms with Gasteiger partial charge in [0.15, 0.2) is 0 Å². The fraction of sp³-hybridized carbons (Fsp3) is 0.350. The fourth-order valence-corrected chi connectivity index (χ4v) is 4.24. The third-order valence-electron chi connectivity index (χ3n) is 4.47. The normalized spacial score (nSPS) is 19.2. The molecule has 2 aromatic rings. The molecule has 2 aromatic carbocycles. The Kier molecular flexibility index (Phi) is 5.59. The Hall–Kier alpha value is -1.78. The summed E-state index contributed by atoms with van der Waals surface area (Å²) < 4.78 is 0. The van der Waals surface area contributed by atoms with Crippen LogP contribution in [-0.4, -0.2) is 28.9 Å². The van der Waals surface area contributed by atoms with E-state index in [1.165, 1.54) is 5.56 Å². The van der Waals surface area contributed by atoms with Crippen LogP contribution in [0.1, 0.15) is 28.9 Å². The second-order valence-electron chi connectivity index (χ2n) is 6.25. The molecule has 24 heavy (non-hydrogen) atoms. The average molecular weight is 341 g/mol. The zero-order chi connectivity index (χ0) is 16.9. The van der Waals surface area contributed by atoms with Crippen LogP contribution in [0.3, 0.4) is 0 Å². The fourth-order valence-electron chi connectivity index (χ4n) is 3.04. The van der Waals surface area contributed by atoms with Crippen LogP contribution in [-0.2, 0) is 17.6 Å². The quantitative estimate of drug-likeness (QED) is 0.878. The highest BCUT2D eigenvalue weighted by Gasteiger charge is 2.28. The van der Waals surface area contributed by atoms with Gasteiger partial charge in [-0.1, -0.05) is 54.6 Å². The highest BCUT2D eigenvalue weighted by atomic mass is 32.2. The SMILES string of the molecule is CC(NC(=O)C1SCCc2ccccc21)C(O)Cc1ccccc1. The molecular formula is C20H23NO2S. The number of amides is 1. The molecule has 1 aliphatic rings. The van der Waals surface area contributed by atoms with Crippen LogP contribution in [0.25, 0.3) is 0 Å². The Bertz CT molecular complexity index is 689. The molecule has 1 aliphatic heterocycles. The second-order valence-corrected chi connectivity index (χ2v) is 7.47. The molecule has 0 spiro atoms.